The van der Waals surface area contributed by atoms with Gasteiger partial charge in [-0.2, -0.15) is 0 Å². The number of ether oxygens (including phenoxy) is 1. The van der Waals surface area contributed by atoms with Gasteiger partial charge in [0.25, 0.3) is 11.6 Å². The molecule has 1 saturated carbocycles. The first-order chi connectivity index (χ1) is 9.99. The predicted molar refractivity (Wildman–Crippen MR) is 73.7 cm³/mol. The smallest absolute Gasteiger partial charge is 0.270 e. The van der Waals surface area contributed by atoms with Gasteiger partial charge in [0.05, 0.1) is 17.1 Å². The maximum atomic E-state index is 13.9. The van der Waals surface area contributed by atoms with E-state index < -0.39 is 16.6 Å². The maximum absolute atomic E-state index is 13.9. The molecule has 1 aromatic rings. The number of non-ortho nitro benzene ring substituents is 1. The van der Waals surface area contributed by atoms with Crippen molar-refractivity contribution < 1.29 is 18.8 Å². The first kappa shape index (κ1) is 15.4. The minimum atomic E-state index is -0.739. The lowest BCUT2D eigenvalue weighted by Crippen LogP contribution is -2.28. The Morgan fingerprint density at radius 2 is 2.24 bits per heavy atom. The zero-order valence-corrected chi connectivity index (χ0v) is 11.7. The monoisotopic (exact) mass is 296 g/mol. The average molecular weight is 296 g/mol. The number of hydrogen-bond acceptors (Lipinski definition) is 4. The van der Waals surface area contributed by atoms with E-state index in [1.54, 1.807) is 0 Å². The number of carbonyl (C=O) groups is 1. The van der Waals surface area contributed by atoms with Crippen molar-refractivity contribution in [2.75, 3.05) is 19.8 Å². The van der Waals surface area contributed by atoms with Gasteiger partial charge >= 0.3 is 0 Å². The molecule has 2 rings (SSSR count). The maximum Gasteiger partial charge on any atom is 0.270 e. The number of amides is 1. The van der Waals surface area contributed by atoms with Crippen LogP contribution in [0.2, 0.25) is 0 Å². The van der Waals surface area contributed by atoms with E-state index in [-0.39, 0.29) is 23.4 Å². The molecule has 114 valence electrons. The lowest BCUT2D eigenvalue weighted by atomic mass is 10.1. The highest BCUT2D eigenvalue weighted by Gasteiger charge is 2.21. The fraction of sp³-hybridized carbons (Fsp3) is 0.500. The normalized spacial score (nSPS) is 14.0. The van der Waals surface area contributed by atoms with E-state index in [0.717, 1.165) is 12.1 Å². The molecule has 0 heterocycles. The molecule has 6 nitrogen and oxygen atoms in total. The zero-order valence-electron chi connectivity index (χ0n) is 11.7. The number of carbonyl (C=O) groups excluding carboxylic acids is 1. The molecular weight excluding hydrogens is 279 g/mol. The van der Waals surface area contributed by atoms with Gasteiger partial charge in [0.2, 0.25) is 0 Å². The van der Waals surface area contributed by atoms with Crippen LogP contribution < -0.4 is 5.32 Å². The van der Waals surface area contributed by atoms with Gasteiger partial charge in [-0.25, -0.2) is 4.39 Å². The van der Waals surface area contributed by atoms with Gasteiger partial charge in [-0.15, -0.1) is 0 Å². The lowest BCUT2D eigenvalue weighted by molar-refractivity contribution is -0.385. The molecule has 0 spiro atoms. The van der Waals surface area contributed by atoms with Crippen LogP contribution in [0, 0.1) is 28.8 Å². The second kappa shape index (κ2) is 6.62. The molecule has 21 heavy (non-hydrogen) atoms. The number of nitro groups is 1. The Balaban J connectivity index is 1.92. The fourth-order valence-electron chi connectivity index (χ4n) is 1.89. The molecule has 0 saturated heterocycles. The first-order valence-corrected chi connectivity index (χ1v) is 6.79. The summed E-state index contributed by atoms with van der Waals surface area (Å²) >= 11 is 0. The molecule has 0 aliphatic heterocycles. The van der Waals surface area contributed by atoms with E-state index in [0.29, 0.717) is 19.1 Å². The van der Waals surface area contributed by atoms with Crippen molar-refractivity contribution in [3.63, 3.8) is 0 Å². The summed E-state index contributed by atoms with van der Waals surface area (Å²) < 4.78 is 19.2. The number of nitro benzene ring substituents is 1. The summed E-state index contributed by atoms with van der Waals surface area (Å²) in [6.07, 6.45) is 2.37. The minimum absolute atomic E-state index is 0.0688. The van der Waals surface area contributed by atoms with Gasteiger partial charge in [0, 0.05) is 25.3 Å². The topological polar surface area (TPSA) is 81.5 Å². The molecule has 1 N–H and O–H groups in total. The summed E-state index contributed by atoms with van der Waals surface area (Å²) in [5, 5.41) is 13.2. The van der Waals surface area contributed by atoms with Gasteiger partial charge < -0.3 is 10.1 Å². The Kier molecular flexibility index (Phi) is 4.85. The van der Waals surface area contributed by atoms with Gasteiger partial charge in [-0.3, -0.25) is 14.9 Å². The molecule has 1 amide bonds. The average Bonchev–Trinajstić information content (AvgIpc) is 3.25. The third-order valence-corrected chi connectivity index (χ3v) is 3.28. The number of nitrogens with zero attached hydrogens (tertiary/aromatic N) is 1. The van der Waals surface area contributed by atoms with Crippen LogP contribution in [0.15, 0.2) is 12.1 Å². The Bertz CT molecular complexity index is 558. The van der Waals surface area contributed by atoms with E-state index in [1.807, 2.05) is 0 Å². The number of hydrogen-bond donors (Lipinski definition) is 1. The van der Waals surface area contributed by atoms with Crippen LogP contribution >= 0.6 is 0 Å². The third kappa shape index (κ3) is 4.22. The van der Waals surface area contributed by atoms with Crippen LogP contribution in [0.25, 0.3) is 0 Å². The fourth-order valence-corrected chi connectivity index (χ4v) is 1.89. The third-order valence-electron chi connectivity index (χ3n) is 3.28. The predicted octanol–water partition coefficient (Wildman–Crippen LogP) is 2.20. The Hall–Kier alpha value is -2.02. The van der Waals surface area contributed by atoms with Crippen molar-refractivity contribution >= 4 is 11.6 Å². The van der Waals surface area contributed by atoms with E-state index in [9.17, 15) is 19.3 Å². The highest BCUT2D eigenvalue weighted by Crippen LogP contribution is 2.28. The van der Waals surface area contributed by atoms with Crippen molar-refractivity contribution in [1.29, 1.82) is 0 Å². The molecule has 0 radical (unpaired) electrons. The standard InChI is InChI=1S/C14H17FN2O4/c1-9-6-11(17(19)20)7-12(13(9)15)14(18)16-4-5-21-8-10-2-3-10/h6-7,10H,2-5,8H2,1H3,(H,16,18). The van der Waals surface area contributed by atoms with Crippen molar-refractivity contribution in [2.24, 2.45) is 5.92 Å². The van der Waals surface area contributed by atoms with E-state index in [4.69, 9.17) is 4.74 Å². The summed E-state index contributed by atoms with van der Waals surface area (Å²) in [4.78, 5) is 22.0. The Morgan fingerprint density at radius 1 is 1.52 bits per heavy atom. The Morgan fingerprint density at radius 3 is 2.86 bits per heavy atom. The number of nitrogens with one attached hydrogen (secondary N) is 1. The van der Waals surface area contributed by atoms with Gasteiger partial charge in [-0.1, -0.05) is 0 Å². The van der Waals surface area contributed by atoms with Gasteiger partial charge in [0.1, 0.15) is 5.82 Å². The molecule has 1 fully saturated rings. The van der Waals surface area contributed by atoms with Crippen molar-refractivity contribution in [1.82, 2.24) is 5.32 Å². The molecule has 1 aromatic carbocycles. The molecule has 0 bridgehead atoms. The number of benzene rings is 1. The van der Waals surface area contributed by atoms with Crippen LogP contribution in [0.4, 0.5) is 10.1 Å². The Labute approximate surface area is 121 Å². The molecule has 1 aliphatic rings. The summed E-state index contributed by atoms with van der Waals surface area (Å²) in [5.41, 5.74) is -0.549. The highest BCUT2D eigenvalue weighted by atomic mass is 19.1. The minimum Gasteiger partial charge on any atom is -0.379 e. The molecule has 0 aromatic heterocycles. The second-order valence-electron chi connectivity index (χ2n) is 5.16. The van der Waals surface area contributed by atoms with E-state index in [1.165, 1.54) is 19.8 Å². The second-order valence-corrected chi connectivity index (χ2v) is 5.16. The molecule has 0 atom stereocenters. The van der Waals surface area contributed by atoms with Gasteiger partial charge in [-0.05, 0) is 31.2 Å². The summed E-state index contributed by atoms with van der Waals surface area (Å²) in [6.45, 7) is 2.66. The zero-order chi connectivity index (χ0) is 15.4. The van der Waals surface area contributed by atoms with Crippen LogP contribution in [-0.2, 0) is 4.74 Å². The highest BCUT2D eigenvalue weighted by molar-refractivity contribution is 5.95. The van der Waals surface area contributed by atoms with Crippen molar-refractivity contribution in [2.45, 2.75) is 19.8 Å². The number of aryl methyl sites for hydroxylation is 1. The first-order valence-electron chi connectivity index (χ1n) is 6.79. The summed E-state index contributed by atoms with van der Waals surface area (Å²) in [5.74, 6) is -0.774. The van der Waals surface area contributed by atoms with Crippen LogP contribution in [0.1, 0.15) is 28.8 Å². The largest absolute Gasteiger partial charge is 0.379 e. The van der Waals surface area contributed by atoms with E-state index >= 15 is 0 Å². The summed E-state index contributed by atoms with van der Waals surface area (Å²) in [6, 6.07) is 2.05. The van der Waals surface area contributed by atoms with Crippen molar-refractivity contribution in [3.05, 3.63) is 39.2 Å². The van der Waals surface area contributed by atoms with E-state index in [2.05, 4.69) is 5.32 Å². The van der Waals surface area contributed by atoms with Gasteiger partial charge in [0.15, 0.2) is 0 Å². The lowest BCUT2D eigenvalue weighted by Gasteiger charge is -2.08. The van der Waals surface area contributed by atoms with Crippen LogP contribution in [0.5, 0.6) is 0 Å². The quantitative estimate of drug-likeness (QED) is 0.475. The molecular formula is C14H17FN2O4. The van der Waals surface area contributed by atoms with Crippen molar-refractivity contribution in [3.8, 4) is 0 Å². The molecule has 0 unspecified atom stereocenters. The van der Waals surface area contributed by atoms with Crippen LogP contribution in [0.3, 0.4) is 0 Å². The van der Waals surface area contributed by atoms with Crippen LogP contribution in [-0.4, -0.2) is 30.6 Å². The SMILES string of the molecule is Cc1cc([N+](=O)[O-])cc(C(=O)NCCOCC2CC2)c1F. The number of halogens is 1. The molecule has 7 heteroatoms. The summed E-state index contributed by atoms with van der Waals surface area (Å²) in [7, 11) is 0. The number of rotatable bonds is 7. The molecule has 1 aliphatic carbocycles.